The summed E-state index contributed by atoms with van der Waals surface area (Å²) >= 11 is 0. The molecule has 0 radical (unpaired) electrons. The molecule has 8 heteroatoms. The summed E-state index contributed by atoms with van der Waals surface area (Å²) in [5, 5.41) is 15.4. The van der Waals surface area contributed by atoms with Crippen molar-refractivity contribution in [2.45, 2.75) is 12.5 Å². The number of rotatable bonds is 8. The summed E-state index contributed by atoms with van der Waals surface area (Å²) in [7, 11) is 0. The van der Waals surface area contributed by atoms with E-state index >= 15 is 0 Å². The number of carbonyl (C=O) groups is 2. The van der Waals surface area contributed by atoms with Gasteiger partial charge < -0.3 is 25.5 Å². The van der Waals surface area contributed by atoms with E-state index in [2.05, 4.69) is 15.6 Å². The molecule has 1 aromatic heterocycles. The summed E-state index contributed by atoms with van der Waals surface area (Å²) in [6, 6.07) is 11.4. The van der Waals surface area contributed by atoms with Crippen LogP contribution in [0, 0.1) is 5.82 Å². The second kappa shape index (κ2) is 8.90. The maximum Gasteiger partial charge on any atom is 0.326 e. The summed E-state index contributed by atoms with van der Waals surface area (Å²) in [4.78, 5) is 26.6. The van der Waals surface area contributed by atoms with E-state index in [4.69, 9.17) is 4.74 Å². The summed E-state index contributed by atoms with van der Waals surface area (Å²) in [5.41, 5.74) is 1.71. The molecule has 0 saturated heterocycles. The van der Waals surface area contributed by atoms with Gasteiger partial charge in [-0.2, -0.15) is 0 Å². The molecule has 2 aromatic carbocycles. The molecule has 1 heterocycles. The Bertz CT molecular complexity index is 955. The van der Waals surface area contributed by atoms with E-state index in [9.17, 15) is 19.1 Å². The highest BCUT2D eigenvalue weighted by Gasteiger charge is 2.21. The molecule has 1 atom stereocenters. The Hall–Kier alpha value is -3.55. The molecule has 0 unspecified atom stereocenters. The number of benzene rings is 2. The monoisotopic (exact) mass is 385 g/mol. The van der Waals surface area contributed by atoms with Crippen LogP contribution in [0.2, 0.25) is 0 Å². The standard InChI is InChI=1S/C20H20FN3O4/c21-14-5-7-15(8-6-14)28-10-9-22-20(27)24-18(19(25)26)11-13-12-23-17-4-2-1-3-16(13)17/h1-8,12,18,23H,9-11H2,(H,25,26)(H2,22,24,27)/t18-/m1/s1. The van der Waals surface area contributed by atoms with E-state index in [1.54, 1.807) is 6.20 Å². The van der Waals surface area contributed by atoms with Crippen LogP contribution in [-0.4, -0.2) is 41.3 Å². The number of amides is 2. The van der Waals surface area contributed by atoms with Crippen LogP contribution in [0.5, 0.6) is 5.75 Å². The van der Waals surface area contributed by atoms with Crippen LogP contribution in [0.3, 0.4) is 0 Å². The number of aliphatic carboxylic acids is 1. The zero-order chi connectivity index (χ0) is 19.9. The van der Waals surface area contributed by atoms with Crippen LogP contribution < -0.4 is 15.4 Å². The fourth-order valence-electron chi connectivity index (χ4n) is 2.79. The number of para-hydroxylation sites is 1. The number of ether oxygens (including phenoxy) is 1. The number of aromatic amines is 1. The Kier molecular flexibility index (Phi) is 6.11. The van der Waals surface area contributed by atoms with Gasteiger partial charge in [0, 0.05) is 23.5 Å². The van der Waals surface area contributed by atoms with Crippen molar-refractivity contribution in [3.05, 3.63) is 66.1 Å². The second-order valence-corrected chi connectivity index (χ2v) is 6.16. The zero-order valence-electron chi connectivity index (χ0n) is 14.9. The Morgan fingerprint density at radius 2 is 1.89 bits per heavy atom. The summed E-state index contributed by atoms with van der Waals surface area (Å²) in [6.45, 7) is 0.335. The van der Waals surface area contributed by atoms with Crippen LogP contribution in [0.1, 0.15) is 5.56 Å². The van der Waals surface area contributed by atoms with Crippen molar-refractivity contribution in [2.75, 3.05) is 13.2 Å². The van der Waals surface area contributed by atoms with Crippen molar-refractivity contribution in [1.29, 1.82) is 0 Å². The molecule has 0 saturated carbocycles. The lowest BCUT2D eigenvalue weighted by Crippen LogP contribution is -2.47. The van der Waals surface area contributed by atoms with Gasteiger partial charge in [0.1, 0.15) is 24.2 Å². The van der Waals surface area contributed by atoms with Crippen molar-refractivity contribution >= 4 is 22.9 Å². The van der Waals surface area contributed by atoms with Gasteiger partial charge in [0.25, 0.3) is 0 Å². The average Bonchev–Trinajstić information content (AvgIpc) is 3.09. The minimum atomic E-state index is -1.12. The van der Waals surface area contributed by atoms with E-state index in [0.717, 1.165) is 16.5 Å². The summed E-state index contributed by atoms with van der Waals surface area (Å²) in [6.07, 6.45) is 1.90. The Morgan fingerprint density at radius 3 is 2.64 bits per heavy atom. The van der Waals surface area contributed by atoms with Gasteiger partial charge >= 0.3 is 12.0 Å². The fraction of sp³-hybridized carbons (Fsp3) is 0.200. The number of carboxylic acids is 1. The van der Waals surface area contributed by atoms with E-state index in [0.29, 0.717) is 5.75 Å². The van der Waals surface area contributed by atoms with Gasteiger partial charge in [-0.15, -0.1) is 0 Å². The van der Waals surface area contributed by atoms with Gasteiger partial charge in [0.2, 0.25) is 0 Å². The van der Waals surface area contributed by atoms with E-state index in [1.807, 2.05) is 24.3 Å². The molecule has 0 fully saturated rings. The predicted molar refractivity (Wildman–Crippen MR) is 102 cm³/mol. The van der Waals surface area contributed by atoms with Crippen molar-refractivity contribution < 1.29 is 23.8 Å². The first kappa shape index (κ1) is 19.2. The van der Waals surface area contributed by atoms with Crippen LogP contribution in [0.25, 0.3) is 10.9 Å². The Labute approximate surface area is 160 Å². The van der Waals surface area contributed by atoms with Crippen molar-refractivity contribution in [3.63, 3.8) is 0 Å². The minimum absolute atomic E-state index is 0.152. The number of aromatic nitrogens is 1. The zero-order valence-corrected chi connectivity index (χ0v) is 14.9. The Balaban J connectivity index is 1.49. The largest absolute Gasteiger partial charge is 0.492 e. The summed E-state index contributed by atoms with van der Waals surface area (Å²) < 4.78 is 18.2. The highest BCUT2D eigenvalue weighted by atomic mass is 19.1. The number of nitrogens with one attached hydrogen (secondary N) is 3. The predicted octanol–water partition coefficient (Wildman–Crippen LogP) is 2.68. The quantitative estimate of drug-likeness (QED) is 0.448. The third kappa shape index (κ3) is 5.00. The first-order chi connectivity index (χ1) is 13.5. The van der Waals surface area contributed by atoms with Gasteiger partial charge in [-0.1, -0.05) is 18.2 Å². The number of carboxylic acid groups (broad SMARTS) is 1. The van der Waals surface area contributed by atoms with Crippen molar-refractivity contribution in [2.24, 2.45) is 0 Å². The fourth-order valence-corrected chi connectivity index (χ4v) is 2.79. The number of carbonyl (C=O) groups excluding carboxylic acids is 1. The maximum atomic E-state index is 12.8. The normalized spacial score (nSPS) is 11.8. The van der Waals surface area contributed by atoms with Crippen molar-refractivity contribution in [3.8, 4) is 5.75 Å². The smallest absolute Gasteiger partial charge is 0.326 e. The van der Waals surface area contributed by atoms with Gasteiger partial charge in [-0.05, 0) is 35.9 Å². The third-order valence-electron chi connectivity index (χ3n) is 4.17. The molecule has 28 heavy (non-hydrogen) atoms. The van der Waals surface area contributed by atoms with Crippen LogP contribution in [0.4, 0.5) is 9.18 Å². The van der Waals surface area contributed by atoms with E-state index < -0.39 is 18.0 Å². The number of fused-ring (bicyclic) bond motifs is 1. The number of hydrogen-bond donors (Lipinski definition) is 4. The van der Waals surface area contributed by atoms with Crippen LogP contribution in [0.15, 0.2) is 54.7 Å². The SMILES string of the molecule is O=C(NCCOc1ccc(F)cc1)N[C@H](Cc1c[nH]c2ccccc12)C(=O)O. The molecule has 3 rings (SSSR count). The first-order valence-corrected chi connectivity index (χ1v) is 8.73. The average molecular weight is 385 g/mol. The van der Waals surface area contributed by atoms with Gasteiger partial charge in [-0.25, -0.2) is 14.0 Å². The minimum Gasteiger partial charge on any atom is -0.492 e. The molecule has 0 aliphatic heterocycles. The summed E-state index contributed by atoms with van der Waals surface area (Å²) in [5.74, 6) is -1.01. The third-order valence-corrected chi connectivity index (χ3v) is 4.17. The molecule has 0 aliphatic carbocycles. The molecular formula is C20H20FN3O4. The van der Waals surface area contributed by atoms with Gasteiger partial charge in [-0.3, -0.25) is 0 Å². The number of halogens is 1. The lowest BCUT2D eigenvalue weighted by Gasteiger charge is -2.15. The maximum absolute atomic E-state index is 12.8. The van der Waals surface area contributed by atoms with Crippen molar-refractivity contribution in [1.82, 2.24) is 15.6 Å². The molecule has 0 aliphatic rings. The highest BCUT2D eigenvalue weighted by Crippen LogP contribution is 2.19. The highest BCUT2D eigenvalue weighted by molar-refractivity contribution is 5.86. The molecule has 2 amide bonds. The molecule has 146 valence electrons. The number of hydrogen-bond acceptors (Lipinski definition) is 3. The van der Waals surface area contributed by atoms with Crippen LogP contribution >= 0.6 is 0 Å². The molecule has 0 bridgehead atoms. The van der Waals surface area contributed by atoms with E-state index in [-0.39, 0.29) is 25.4 Å². The molecular weight excluding hydrogens is 365 g/mol. The molecule has 4 N–H and O–H groups in total. The topological polar surface area (TPSA) is 103 Å². The lowest BCUT2D eigenvalue weighted by atomic mass is 10.1. The van der Waals surface area contributed by atoms with E-state index in [1.165, 1.54) is 24.3 Å². The lowest BCUT2D eigenvalue weighted by molar-refractivity contribution is -0.139. The van der Waals surface area contributed by atoms with Gasteiger partial charge in [0.05, 0.1) is 6.54 Å². The number of urea groups is 1. The molecule has 3 aromatic rings. The molecule has 7 nitrogen and oxygen atoms in total. The molecule has 0 spiro atoms. The second-order valence-electron chi connectivity index (χ2n) is 6.16. The Morgan fingerprint density at radius 1 is 1.14 bits per heavy atom. The van der Waals surface area contributed by atoms with Gasteiger partial charge in [0.15, 0.2) is 0 Å². The van der Waals surface area contributed by atoms with Crippen LogP contribution in [-0.2, 0) is 11.2 Å². The first-order valence-electron chi connectivity index (χ1n) is 8.73. The number of H-pyrrole nitrogens is 1.